The average Bonchev–Trinajstić information content (AvgIpc) is 2.06. The molecule has 0 bridgehead atoms. The number of terminal acetylenes is 1. The Bertz CT molecular complexity index is 154. The Labute approximate surface area is 75.3 Å². The maximum Gasteiger partial charge on any atom is 0.0596 e. The summed E-state index contributed by atoms with van der Waals surface area (Å²) in [6, 6.07) is 0.664. The van der Waals surface area contributed by atoms with Gasteiger partial charge in [-0.2, -0.15) is 0 Å². The number of rotatable bonds is 3. The summed E-state index contributed by atoms with van der Waals surface area (Å²) in [7, 11) is 2.08. The normalized spacial score (nSPS) is 23.9. The average molecular weight is 166 g/mol. The van der Waals surface area contributed by atoms with E-state index in [0.29, 0.717) is 6.04 Å². The van der Waals surface area contributed by atoms with E-state index in [4.69, 9.17) is 6.42 Å². The largest absolute Gasteiger partial charge is 0.313 e. The third-order valence-corrected chi connectivity index (χ3v) is 2.31. The molecule has 0 aliphatic carbocycles. The van der Waals surface area contributed by atoms with Gasteiger partial charge in [-0.3, -0.25) is 4.90 Å². The first-order valence-electron chi connectivity index (χ1n) is 4.68. The van der Waals surface area contributed by atoms with Crippen molar-refractivity contribution in [2.45, 2.75) is 25.3 Å². The molecule has 1 rings (SSSR count). The van der Waals surface area contributed by atoms with Crippen molar-refractivity contribution in [3.8, 4) is 12.3 Å². The maximum atomic E-state index is 5.22. The van der Waals surface area contributed by atoms with Crippen LogP contribution in [0.2, 0.25) is 0 Å². The highest BCUT2D eigenvalue weighted by Crippen LogP contribution is 2.07. The number of hydrogen-bond acceptors (Lipinski definition) is 2. The lowest BCUT2D eigenvalue weighted by Gasteiger charge is -2.27. The van der Waals surface area contributed by atoms with Gasteiger partial charge in [0, 0.05) is 12.6 Å². The Balaban J connectivity index is 2.16. The van der Waals surface area contributed by atoms with Crippen LogP contribution in [0, 0.1) is 12.3 Å². The van der Waals surface area contributed by atoms with Crippen molar-refractivity contribution in [2.24, 2.45) is 0 Å². The van der Waals surface area contributed by atoms with Gasteiger partial charge in [0.1, 0.15) is 0 Å². The summed E-state index contributed by atoms with van der Waals surface area (Å²) in [5.74, 6) is 2.66. The van der Waals surface area contributed by atoms with Gasteiger partial charge in [0.25, 0.3) is 0 Å². The summed E-state index contributed by atoms with van der Waals surface area (Å²) >= 11 is 0. The summed E-state index contributed by atoms with van der Waals surface area (Å²) < 4.78 is 0. The molecule has 1 saturated heterocycles. The van der Waals surface area contributed by atoms with Crippen LogP contribution in [0.5, 0.6) is 0 Å². The van der Waals surface area contributed by atoms with Crippen LogP contribution in [0.25, 0.3) is 0 Å². The summed E-state index contributed by atoms with van der Waals surface area (Å²) in [4.78, 5) is 2.20. The highest BCUT2D eigenvalue weighted by atomic mass is 15.1. The first-order chi connectivity index (χ1) is 5.83. The second-order valence-corrected chi connectivity index (χ2v) is 3.55. The Morgan fingerprint density at radius 3 is 3.00 bits per heavy atom. The van der Waals surface area contributed by atoms with Crippen LogP contribution in [0.15, 0.2) is 0 Å². The molecule has 2 heteroatoms. The molecule has 0 saturated carbocycles. The third kappa shape index (κ3) is 3.25. The number of piperidine rings is 1. The van der Waals surface area contributed by atoms with Gasteiger partial charge >= 0.3 is 0 Å². The third-order valence-electron chi connectivity index (χ3n) is 2.31. The lowest BCUT2D eigenvalue weighted by Crippen LogP contribution is -2.42. The Morgan fingerprint density at radius 1 is 1.58 bits per heavy atom. The molecule has 0 radical (unpaired) electrons. The van der Waals surface area contributed by atoms with Gasteiger partial charge in [0.05, 0.1) is 6.54 Å². The van der Waals surface area contributed by atoms with E-state index in [1.54, 1.807) is 0 Å². The molecule has 1 aliphatic heterocycles. The predicted octanol–water partition coefficient (Wildman–Crippen LogP) is 0.694. The minimum absolute atomic E-state index is 0.664. The molecule has 1 unspecified atom stereocenters. The van der Waals surface area contributed by atoms with Crippen molar-refractivity contribution in [2.75, 3.05) is 26.7 Å². The summed E-state index contributed by atoms with van der Waals surface area (Å²) in [6.45, 7) is 3.02. The zero-order valence-corrected chi connectivity index (χ0v) is 7.84. The van der Waals surface area contributed by atoms with Crippen molar-refractivity contribution in [3.05, 3.63) is 0 Å². The van der Waals surface area contributed by atoms with Gasteiger partial charge in [-0.1, -0.05) is 12.3 Å². The molecular formula is C10H18N2. The lowest BCUT2D eigenvalue weighted by molar-refractivity contribution is 0.283. The number of nitrogens with one attached hydrogen (secondary N) is 1. The van der Waals surface area contributed by atoms with E-state index in [0.717, 1.165) is 13.1 Å². The van der Waals surface area contributed by atoms with E-state index in [1.165, 1.54) is 25.8 Å². The zero-order chi connectivity index (χ0) is 8.81. The SMILES string of the molecule is C#CCN(C)CC1CCCCN1. The molecular weight excluding hydrogens is 148 g/mol. The van der Waals surface area contributed by atoms with E-state index in [1.807, 2.05) is 0 Å². The predicted molar refractivity (Wildman–Crippen MR) is 52.0 cm³/mol. The molecule has 1 heterocycles. The fourth-order valence-corrected chi connectivity index (χ4v) is 1.68. The molecule has 0 aromatic rings. The van der Waals surface area contributed by atoms with Gasteiger partial charge in [0.15, 0.2) is 0 Å². The highest BCUT2D eigenvalue weighted by molar-refractivity contribution is 4.88. The molecule has 1 atom stereocenters. The molecule has 12 heavy (non-hydrogen) atoms. The van der Waals surface area contributed by atoms with E-state index < -0.39 is 0 Å². The van der Waals surface area contributed by atoms with Crippen LogP contribution in [0.3, 0.4) is 0 Å². The number of nitrogens with zero attached hydrogens (tertiary/aromatic N) is 1. The molecule has 68 valence electrons. The molecule has 0 aromatic heterocycles. The monoisotopic (exact) mass is 166 g/mol. The van der Waals surface area contributed by atoms with Crippen LogP contribution < -0.4 is 5.32 Å². The van der Waals surface area contributed by atoms with E-state index in [9.17, 15) is 0 Å². The Kier molecular flexibility index (Phi) is 4.13. The highest BCUT2D eigenvalue weighted by Gasteiger charge is 2.13. The van der Waals surface area contributed by atoms with Crippen LogP contribution >= 0.6 is 0 Å². The molecule has 1 fully saturated rings. The van der Waals surface area contributed by atoms with Gasteiger partial charge in [-0.15, -0.1) is 6.42 Å². The minimum atomic E-state index is 0.664. The fraction of sp³-hybridized carbons (Fsp3) is 0.800. The maximum absolute atomic E-state index is 5.22. The molecule has 2 nitrogen and oxygen atoms in total. The van der Waals surface area contributed by atoms with Gasteiger partial charge in [-0.25, -0.2) is 0 Å². The van der Waals surface area contributed by atoms with Crippen molar-refractivity contribution in [1.82, 2.24) is 10.2 Å². The first kappa shape index (κ1) is 9.57. The van der Waals surface area contributed by atoms with Gasteiger partial charge < -0.3 is 5.32 Å². The van der Waals surface area contributed by atoms with Crippen LogP contribution in [0.1, 0.15) is 19.3 Å². The van der Waals surface area contributed by atoms with Crippen molar-refractivity contribution >= 4 is 0 Å². The van der Waals surface area contributed by atoms with Crippen molar-refractivity contribution in [3.63, 3.8) is 0 Å². The molecule has 0 aromatic carbocycles. The van der Waals surface area contributed by atoms with E-state index in [2.05, 4.69) is 23.2 Å². The molecule has 0 spiro atoms. The molecule has 1 N–H and O–H groups in total. The van der Waals surface area contributed by atoms with E-state index >= 15 is 0 Å². The number of hydrogen-bond donors (Lipinski definition) is 1. The zero-order valence-electron chi connectivity index (χ0n) is 7.84. The lowest BCUT2D eigenvalue weighted by atomic mass is 10.0. The summed E-state index contributed by atoms with van der Waals surface area (Å²) in [5.41, 5.74) is 0. The second kappa shape index (κ2) is 5.18. The van der Waals surface area contributed by atoms with Crippen molar-refractivity contribution < 1.29 is 0 Å². The topological polar surface area (TPSA) is 15.3 Å². The quantitative estimate of drug-likeness (QED) is 0.621. The summed E-state index contributed by atoms with van der Waals surface area (Å²) in [6.07, 6.45) is 9.21. The Morgan fingerprint density at radius 2 is 2.42 bits per heavy atom. The molecule has 0 amide bonds. The smallest absolute Gasteiger partial charge is 0.0596 e. The minimum Gasteiger partial charge on any atom is -0.313 e. The first-order valence-corrected chi connectivity index (χ1v) is 4.68. The molecule has 1 aliphatic rings. The Hall–Kier alpha value is -0.520. The fourth-order valence-electron chi connectivity index (χ4n) is 1.68. The van der Waals surface area contributed by atoms with Crippen molar-refractivity contribution in [1.29, 1.82) is 0 Å². The second-order valence-electron chi connectivity index (χ2n) is 3.55. The standard InChI is InChI=1S/C10H18N2/c1-3-8-12(2)9-10-6-4-5-7-11-10/h1,10-11H,4-9H2,2H3. The van der Waals surface area contributed by atoms with E-state index in [-0.39, 0.29) is 0 Å². The van der Waals surface area contributed by atoms with Gasteiger partial charge in [-0.05, 0) is 26.4 Å². The van der Waals surface area contributed by atoms with Crippen LogP contribution in [-0.4, -0.2) is 37.6 Å². The summed E-state index contributed by atoms with van der Waals surface area (Å²) in [5, 5.41) is 3.50. The number of likely N-dealkylation sites (N-methyl/N-ethyl adjacent to an activating group) is 1. The van der Waals surface area contributed by atoms with Gasteiger partial charge in [0.2, 0.25) is 0 Å². The van der Waals surface area contributed by atoms with Crippen LogP contribution in [-0.2, 0) is 0 Å². The van der Waals surface area contributed by atoms with Crippen LogP contribution in [0.4, 0.5) is 0 Å².